The minimum absolute atomic E-state index is 0.00596. The van der Waals surface area contributed by atoms with E-state index in [1.165, 1.54) is 30.3 Å². The van der Waals surface area contributed by atoms with Crippen molar-refractivity contribution >= 4 is 33.0 Å². The van der Waals surface area contributed by atoms with Crippen molar-refractivity contribution in [3.05, 3.63) is 107 Å². The van der Waals surface area contributed by atoms with E-state index >= 15 is 0 Å². The van der Waals surface area contributed by atoms with E-state index in [2.05, 4.69) is 10.6 Å². The maximum absolute atomic E-state index is 13.3. The number of phenolic OH excluding ortho intramolecular Hbond substituents is 1. The monoisotopic (exact) mass is 576 g/mol. The summed E-state index contributed by atoms with van der Waals surface area (Å²) < 4.78 is 45.9. The number of sulfone groups is 1. The summed E-state index contributed by atoms with van der Waals surface area (Å²) in [5.74, 6) is -1.92. The Morgan fingerprint density at radius 1 is 0.854 bits per heavy atom. The van der Waals surface area contributed by atoms with Crippen LogP contribution in [0.2, 0.25) is 0 Å². The van der Waals surface area contributed by atoms with E-state index in [1.54, 1.807) is 31.2 Å². The Bertz CT molecular complexity index is 1670. The Morgan fingerprint density at radius 3 is 2.02 bits per heavy atom. The predicted molar refractivity (Wildman–Crippen MR) is 155 cm³/mol. The molecule has 0 aliphatic rings. The zero-order valence-electron chi connectivity index (χ0n) is 22.6. The van der Waals surface area contributed by atoms with Crippen molar-refractivity contribution in [1.82, 2.24) is 0 Å². The van der Waals surface area contributed by atoms with Gasteiger partial charge in [0.05, 0.1) is 16.3 Å². The molecule has 0 bridgehead atoms. The molecule has 4 aromatic rings. The molecule has 0 aliphatic heterocycles. The molecule has 0 aliphatic carbocycles. The number of carbonyl (C=O) groups is 2. The van der Waals surface area contributed by atoms with Gasteiger partial charge >= 0.3 is 0 Å². The van der Waals surface area contributed by atoms with Gasteiger partial charge in [0.25, 0.3) is 5.91 Å². The highest BCUT2D eigenvalue weighted by Gasteiger charge is 2.33. The highest BCUT2D eigenvalue weighted by atomic mass is 32.2. The second kappa shape index (κ2) is 12.2. The standard InChI is InChI=1S/C31H29FN2O6S/c1-4-29(41(38,39)24-15-7-20(3)8-16-24)31(37)34-26-17-27(35)25(33-30(36)21-9-11-22(32)12-10-21)18-28(26)40-23-13-5-19(2)6-14-23/h5-18,29,35H,4H2,1-3H3,(H,33,36)(H,34,37). The molecule has 41 heavy (non-hydrogen) atoms. The zero-order chi connectivity index (χ0) is 29.7. The molecule has 0 fully saturated rings. The van der Waals surface area contributed by atoms with Crippen molar-refractivity contribution < 1.29 is 32.2 Å². The van der Waals surface area contributed by atoms with Crippen molar-refractivity contribution in [2.24, 2.45) is 0 Å². The van der Waals surface area contributed by atoms with Crippen molar-refractivity contribution in [1.29, 1.82) is 0 Å². The van der Waals surface area contributed by atoms with Crippen LogP contribution in [0.1, 0.15) is 34.8 Å². The van der Waals surface area contributed by atoms with Crippen LogP contribution in [0.4, 0.5) is 15.8 Å². The van der Waals surface area contributed by atoms with E-state index in [0.29, 0.717) is 5.75 Å². The van der Waals surface area contributed by atoms with Crippen LogP contribution in [0.25, 0.3) is 0 Å². The molecular weight excluding hydrogens is 547 g/mol. The first-order valence-electron chi connectivity index (χ1n) is 12.8. The quantitative estimate of drug-likeness (QED) is 0.199. The molecule has 0 saturated carbocycles. The van der Waals surface area contributed by atoms with Gasteiger partial charge in [-0.25, -0.2) is 12.8 Å². The largest absolute Gasteiger partial charge is 0.506 e. The molecule has 0 aromatic heterocycles. The van der Waals surface area contributed by atoms with Gasteiger partial charge < -0.3 is 20.5 Å². The second-order valence-corrected chi connectivity index (χ2v) is 11.6. The third-order valence-corrected chi connectivity index (χ3v) is 8.57. The number of aromatic hydroxyl groups is 1. The van der Waals surface area contributed by atoms with Crippen molar-refractivity contribution in [3.8, 4) is 17.2 Å². The number of nitrogens with one attached hydrogen (secondary N) is 2. The van der Waals surface area contributed by atoms with Crippen LogP contribution in [0.5, 0.6) is 17.2 Å². The first-order valence-corrected chi connectivity index (χ1v) is 14.3. The van der Waals surface area contributed by atoms with Crippen LogP contribution in [0.15, 0.2) is 89.8 Å². The first kappa shape index (κ1) is 29.3. The molecule has 1 unspecified atom stereocenters. The minimum Gasteiger partial charge on any atom is -0.506 e. The fraction of sp³-hybridized carbons (Fsp3) is 0.161. The Hall–Kier alpha value is -4.70. The number of hydrogen-bond acceptors (Lipinski definition) is 6. The van der Waals surface area contributed by atoms with E-state index in [0.717, 1.165) is 29.3 Å². The lowest BCUT2D eigenvalue weighted by molar-refractivity contribution is -0.115. The fourth-order valence-corrected chi connectivity index (χ4v) is 5.65. The number of carbonyl (C=O) groups excluding carboxylic acids is 2. The van der Waals surface area contributed by atoms with Gasteiger partial charge in [-0.3, -0.25) is 9.59 Å². The molecule has 4 rings (SSSR count). The fourth-order valence-electron chi connectivity index (χ4n) is 4.03. The minimum atomic E-state index is -4.03. The topological polar surface area (TPSA) is 122 Å². The summed E-state index contributed by atoms with van der Waals surface area (Å²) in [6.45, 7) is 5.32. The average Bonchev–Trinajstić information content (AvgIpc) is 2.93. The van der Waals surface area contributed by atoms with Crippen molar-refractivity contribution in [3.63, 3.8) is 0 Å². The highest BCUT2D eigenvalue weighted by molar-refractivity contribution is 7.92. The van der Waals surface area contributed by atoms with Gasteiger partial charge in [0.1, 0.15) is 22.6 Å². The maximum Gasteiger partial charge on any atom is 0.255 e. The second-order valence-electron chi connectivity index (χ2n) is 9.49. The molecule has 2 amide bonds. The van der Waals surface area contributed by atoms with Gasteiger partial charge in [0, 0.05) is 17.7 Å². The van der Waals surface area contributed by atoms with Gasteiger partial charge in [0.15, 0.2) is 15.6 Å². The van der Waals surface area contributed by atoms with Crippen LogP contribution >= 0.6 is 0 Å². The lowest BCUT2D eigenvalue weighted by Crippen LogP contribution is -2.34. The lowest BCUT2D eigenvalue weighted by atomic mass is 10.1. The molecule has 10 heteroatoms. The molecule has 8 nitrogen and oxygen atoms in total. The molecule has 0 saturated heterocycles. The summed E-state index contributed by atoms with van der Waals surface area (Å²) in [4.78, 5) is 26.1. The number of aryl methyl sites for hydroxylation is 2. The molecule has 212 valence electrons. The van der Waals surface area contributed by atoms with Crippen LogP contribution in [0.3, 0.4) is 0 Å². The van der Waals surface area contributed by atoms with Crippen LogP contribution in [-0.2, 0) is 14.6 Å². The SMILES string of the molecule is CCC(C(=O)Nc1cc(O)c(NC(=O)c2ccc(F)cc2)cc1Oc1ccc(C)cc1)S(=O)(=O)c1ccc(C)cc1. The molecule has 3 N–H and O–H groups in total. The summed E-state index contributed by atoms with van der Waals surface area (Å²) in [7, 11) is -4.03. The van der Waals surface area contributed by atoms with E-state index in [-0.39, 0.29) is 34.0 Å². The number of ether oxygens (including phenoxy) is 1. The maximum atomic E-state index is 13.3. The van der Waals surface area contributed by atoms with Gasteiger partial charge in [-0.1, -0.05) is 42.3 Å². The van der Waals surface area contributed by atoms with Gasteiger partial charge in [-0.05, 0) is 68.8 Å². The number of halogens is 1. The molecule has 1 atom stereocenters. The van der Waals surface area contributed by atoms with Gasteiger partial charge in [-0.2, -0.15) is 0 Å². The van der Waals surface area contributed by atoms with E-state index in [1.807, 2.05) is 26.0 Å². The van der Waals surface area contributed by atoms with E-state index in [4.69, 9.17) is 4.74 Å². The molecule has 0 radical (unpaired) electrons. The van der Waals surface area contributed by atoms with Crippen LogP contribution in [-0.4, -0.2) is 30.6 Å². The van der Waals surface area contributed by atoms with E-state index in [9.17, 15) is 27.5 Å². The predicted octanol–water partition coefficient (Wildman–Crippen LogP) is 6.38. The number of phenols is 1. The zero-order valence-corrected chi connectivity index (χ0v) is 23.5. The number of amides is 2. The van der Waals surface area contributed by atoms with Crippen LogP contribution < -0.4 is 15.4 Å². The van der Waals surface area contributed by atoms with Gasteiger partial charge in [0.2, 0.25) is 5.91 Å². The van der Waals surface area contributed by atoms with Crippen molar-refractivity contribution in [2.45, 2.75) is 37.3 Å². The molecule has 0 heterocycles. The number of hydrogen-bond donors (Lipinski definition) is 3. The summed E-state index contributed by atoms with van der Waals surface area (Å²) >= 11 is 0. The summed E-state index contributed by atoms with van der Waals surface area (Å²) in [5.41, 5.74) is 1.96. The number of benzene rings is 4. The lowest BCUT2D eigenvalue weighted by Gasteiger charge is -2.19. The molecule has 4 aromatic carbocycles. The molecular formula is C31H29FN2O6S. The number of anilines is 2. The van der Waals surface area contributed by atoms with E-state index < -0.39 is 38.5 Å². The molecule has 0 spiro atoms. The average molecular weight is 577 g/mol. The Balaban J connectivity index is 1.68. The third kappa shape index (κ3) is 6.90. The highest BCUT2D eigenvalue weighted by Crippen LogP contribution is 2.39. The first-order chi connectivity index (χ1) is 19.5. The number of rotatable bonds is 9. The summed E-state index contributed by atoms with van der Waals surface area (Å²) in [6, 6.07) is 20.6. The smallest absolute Gasteiger partial charge is 0.255 e. The van der Waals surface area contributed by atoms with Gasteiger partial charge in [-0.15, -0.1) is 0 Å². The van der Waals surface area contributed by atoms with Crippen molar-refractivity contribution in [2.75, 3.05) is 10.6 Å². The summed E-state index contributed by atoms with van der Waals surface area (Å²) in [6.07, 6.45) is -0.00596. The summed E-state index contributed by atoms with van der Waals surface area (Å²) in [5, 5.41) is 14.4. The normalized spacial score (nSPS) is 11.9. The Morgan fingerprint density at radius 2 is 1.44 bits per heavy atom. The Kier molecular flexibility index (Phi) is 8.73. The Labute approximate surface area is 237 Å². The third-order valence-electron chi connectivity index (χ3n) is 6.35. The van der Waals surface area contributed by atoms with Crippen LogP contribution in [0, 0.1) is 19.7 Å².